The average molecular weight is 327 g/mol. The molecule has 2 aromatic carbocycles. The molecule has 0 spiro atoms. The number of fused-ring (bicyclic) bond motifs is 3. The molecule has 0 aliphatic rings. The number of aliphatic hydroxyl groups is 1. The first-order valence-electron chi connectivity index (χ1n) is 8.25. The second kappa shape index (κ2) is 6.81. The highest BCUT2D eigenvalue weighted by Crippen LogP contribution is 2.32. The van der Waals surface area contributed by atoms with E-state index in [1.807, 2.05) is 50.2 Å². The zero-order chi connectivity index (χ0) is 17.2. The largest absolute Gasteiger partial charge is 0.490 e. The van der Waals surface area contributed by atoms with Crippen LogP contribution in [0.15, 0.2) is 42.5 Å². The van der Waals surface area contributed by atoms with Crippen molar-refractivity contribution in [3.05, 3.63) is 42.5 Å². The number of hydrogen-bond donors (Lipinski definition) is 4. The van der Waals surface area contributed by atoms with E-state index < -0.39 is 6.10 Å². The predicted molar refractivity (Wildman–Crippen MR) is 98.4 cm³/mol. The fraction of sp³-hybridized carbons (Fsp3) is 0.368. The molecule has 0 amide bonds. The Morgan fingerprint density at radius 2 is 1.92 bits per heavy atom. The van der Waals surface area contributed by atoms with Gasteiger partial charge >= 0.3 is 0 Å². The summed E-state index contributed by atoms with van der Waals surface area (Å²) in [6.45, 7) is 5.19. The van der Waals surface area contributed by atoms with Crippen molar-refractivity contribution in [2.24, 2.45) is 5.73 Å². The topological polar surface area (TPSA) is 83.3 Å². The van der Waals surface area contributed by atoms with Gasteiger partial charge in [-0.1, -0.05) is 24.3 Å². The summed E-state index contributed by atoms with van der Waals surface area (Å²) in [4.78, 5) is 3.39. The molecule has 5 N–H and O–H groups in total. The number of ether oxygens (including phenoxy) is 1. The minimum absolute atomic E-state index is 0.197. The molecule has 1 heterocycles. The number of H-pyrrole nitrogens is 1. The van der Waals surface area contributed by atoms with Crippen LogP contribution in [0, 0.1) is 0 Å². The number of aliphatic hydroxyl groups excluding tert-OH is 1. The number of para-hydroxylation sites is 1. The molecule has 0 radical (unpaired) electrons. The van der Waals surface area contributed by atoms with Crippen LogP contribution in [-0.2, 0) is 0 Å². The molecule has 0 saturated heterocycles. The summed E-state index contributed by atoms with van der Waals surface area (Å²) in [5.74, 6) is 0.780. The van der Waals surface area contributed by atoms with E-state index in [1.165, 1.54) is 0 Å². The number of benzene rings is 2. The van der Waals surface area contributed by atoms with Gasteiger partial charge in [-0.05, 0) is 32.0 Å². The first kappa shape index (κ1) is 16.8. The van der Waals surface area contributed by atoms with Crippen LogP contribution in [0.4, 0.5) is 0 Å². The van der Waals surface area contributed by atoms with Crippen LogP contribution in [0.1, 0.15) is 13.8 Å². The second-order valence-electron chi connectivity index (χ2n) is 6.78. The summed E-state index contributed by atoms with van der Waals surface area (Å²) in [5.41, 5.74) is 7.60. The highest BCUT2D eigenvalue weighted by atomic mass is 16.5. The Bertz CT molecular complexity index is 826. The Labute approximate surface area is 141 Å². The maximum Gasteiger partial charge on any atom is 0.129 e. The van der Waals surface area contributed by atoms with Crippen molar-refractivity contribution in [1.29, 1.82) is 0 Å². The maximum absolute atomic E-state index is 10.2. The molecule has 0 saturated carbocycles. The van der Waals surface area contributed by atoms with Gasteiger partial charge in [-0.15, -0.1) is 0 Å². The molecule has 3 aromatic rings. The van der Waals surface area contributed by atoms with Crippen LogP contribution in [0.2, 0.25) is 0 Å². The normalized spacial score (nSPS) is 13.5. The summed E-state index contributed by atoms with van der Waals surface area (Å²) in [6, 6.07) is 14.1. The van der Waals surface area contributed by atoms with E-state index in [1.54, 1.807) is 0 Å². The number of nitrogens with one attached hydrogen (secondary N) is 2. The Morgan fingerprint density at radius 1 is 1.17 bits per heavy atom. The molecule has 1 aromatic heterocycles. The summed E-state index contributed by atoms with van der Waals surface area (Å²) in [6.07, 6.45) is -0.601. The first-order valence-corrected chi connectivity index (χ1v) is 8.25. The third-order valence-electron chi connectivity index (χ3n) is 4.25. The van der Waals surface area contributed by atoms with Crippen LogP contribution < -0.4 is 15.8 Å². The monoisotopic (exact) mass is 327 g/mol. The number of β-amino-alcohol motifs (C(OH)–C–C–N with tert-alkyl or cyclic N) is 1. The quantitative estimate of drug-likeness (QED) is 0.537. The van der Waals surface area contributed by atoms with Crippen molar-refractivity contribution < 1.29 is 9.84 Å². The van der Waals surface area contributed by atoms with Gasteiger partial charge in [0.25, 0.3) is 0 Å². The molecular weight excluding hydrogens is 302 g/mol. The molecule has 3 rings (SSSR count). The number of aromatic nitrogens is 1. The number of nitrogens with two attached hydrogens (primary N) is 1. The molecular formula is C19H25N3O2. The lowest BCUT2D eigenvalue weighted by Crippen LogP contribution is -2.49. The van der Waals surface area contributed by atoms with Gasteiger partial charge in [0.05, 0.1) is 5.52 Å². The molecule has 128 valence electrons. The van der Waals surface area contributed by atoms with Crippen LogP contribution in [-0.4, -0.2) is 41.4 Å². The minimum Gasteiger partial charge on any atom is -0.490 e. The smallest absolute Gasteiger partial charge is 0.129 e. The lowest BCUT2D eigenvalue weighted by Gasteiger charge is -2.26. The molecule has 1 unspecified atom stereocenters. The summed E-state index contributed by atoms with van der Waals surface area (Å²) in [7, 11) is 0. The van der Waals surface area contributed by atoms with E-state index in [0.717, 1.165) is 27.6 Å². The van der Waals surface area contributed by atoms with Gasteiger partial charge < -0.3 is 25.9 Å². The van der Waals surface area contributed by atoms with Crippen LogP contribution in [0.25, 0.3) is 21.8 Å². The van der Waals surface area contributed by atoms with Gasteiger partial charge in [0.1, 0.15) is 18.5 Å². The summed E-state index contributed by atoms with van der Waals surface area (Å²) in [5, 5.41) is 15.6. The van der Waals surface area contributed by atoms with Crippen molar-refractivity contribution in [2.75, 3.05) is 19.7 Å². The molecule has 0 fully saturated rings. The molecule has 0 aliphatic carbocycles. The maximum atomic E-state index is 10.2. The Morgan fingerprint density at radius 3 is 2.71 bits per heavy atom. The standard InChI is InChI=1S/C19H25N3O2/c1-19(2,12-20)21-10-13(23)11-24-17-9-5-8-16-18(17)14-6-3-4-7-15(14)22-16/h3-9,13,21-23H,10-12,20H2,1-2H3. The van der Waals surface area contributed by atoms with Crippen LogP contribution in [0.3, 0.4) is 0 Å². The number of rotatable bonds is 7. The number of hydrogen-bond acceptors (Lipinski definition) is 4. The van der Waals surface area contributed by atoms with E-state index >= 15 is 0 Å². The van der Waals surface area contributed by atoms with Gasteiger partial charge in [-0.2, -0.15) is 0 Å². The van der Waals surface area contributed by atoms with Gasteiger partial charge in [0.2, 0.25) is 0 Å². The SMILES string of the molecule is CC(C)(CN)NCC(O)COc1cccc2[nH]c3ccccc3c12. The van der Waals surface area contributed by atoms with Crippen molar-refractivity contribution in [1.82, 2.24) is 10.3 Å². The van der Waals surface area contributed by atoms with E-state index in [0.29, 0.717) is 13.1 Å². The number of aromatic amines is 1. The highest BCUT2D eigenvalue weighted by Gasteiger charge is 2.17. The van der Waals surface area contributed by atoms with Crippen LogP contribution >= 0.6 is 0 Å². The third-order valence-corrected chi connectivity index (χ3v) is 4.25. The molecule has 24 heavy (non-hydrogen) atoms. The molecule has 0 aliphatic heterocycles. The zero-order valence-electron chi connectivity index (χ0n) is 14.2. The van der Waals surface area contributed by atoms with Gasteiger partial charge in [-0.25, -0.2) is 0 Å². The second-order valence-corrected chi connectivity index (χ2v) is 6.78. The Kier molecular flexibility index (Phi) is 4.76. The predicted octanol–water partition coefficient (Wildman–Crippen LogP) is 2.39. The van der Waals surface area contributed by atoms with Gasteiger partial charge in [0, 0.05) is 34.9 Å². The van der Waals surface area contributed by atoms with Crippen molar-refractivity contribution in [3.63, 3.8) is 0 Å². The lowest BCUT2D eigenvalue weighted by atomic mass is 10.1. The third kappa shape index (κ3) is 3.53. The zero-order valence-corrected chi connectivity index (χ0v) is 14.2. The summed E-state index contributed by atoms with van der Waals surface area (Å²) >= 11 is 0. The molecule has 1 atom stereocenters. The molecule has 5 nitrogen and oxygen atoms in total. The van der Waals surface area contributed by atoms with Crippen molar-refractivity contribution in [2.45, 2.75) is 25.5 Å². The Balaban J connectivity index is 1.74. The van der Waals surface area contributed by atoms with Crippen molar-refractivity contribution in [3.8, 4) is 5.75 Å². The minimum atomic E-state index is -0.601. The molecule has 5 heteroatoms. The van der Waals surface area contributed by atoms with Crippen LogP contribution in [0.5, 0.6) is 5.75 Å². The van der Waals surface area contributed by atoms with E-state index in [-0.39, 0.29) is 12.1 Å². The molecule has 0 bridgehead atoms. The highest BCUT2D eigenvalue weighted by molar-refractivity contribution is 6.10. The van der Waals surface area contributed by atoms with Crippen molar-refractivity contribution >= 4 is 21.8 Å². The van der Waals surface area contributed by atoms with Gasteiger partial charge in [-0.3, -0.25) is 0 Å². The lowest BCUT2D eigenvalue weighted by molar-refractivity contribution is 0.100. The summed E-state index contributed by atoms with van der Waals surface area (Å²) < 4.78 is 5.91. The van der Waals surface area contributed by atoms with E-state index in [2.05, 4.69) is 16.4 Å². The van der Waals surface area contributed by atoms with E-state index in [4.69, 9.17) is 10.5 Å². The van der Waals surface area contributed by atoms with Gasteiger partial charge in [0.15, 0.2) is 0 Å². The Hall–Kier alpha value is -2.08. The fourth-order valence-electron chi connectivity index (χ4n) is 2.70. The average Bonchev–Trinajstić information content (AvgIpc) is 2.97. The first-order chi connectivity index (χ1) is 11.5. The van der Waals surface area contributed by atoms with E-state index in [9.17, 15) is 5.11 Å². The fourth-order valence-corrected chi connectivity index (χ4v) is 2.70.